The Bertz CT molecular complexity index is 3610. The zero-order chi connectivity index (χ0) is 53.1. The Balaban J connectivity index is 0.00000689. The summed E-state index contributed by atoms with van der Waals surface area (Å²) in [7, 11) is 0. The number of hydrogen-bond donors (Lipinski definition) is 1. The number of para-hydroxylation sites is 2. The van der Waals surface area contributed by atoms with E-state index < -0.39 is 5.89 Å². The molecule has 3 aromatic heterocycles. The Kier molecular flexibility index (Phi) is 13.2. The summed E-state index contributed by atoms with van der Waals surface area (Å²) >= 11 is 0. The van der Waals surface area contributed by atoms with Crippen LogP contribution in [0.15, 0.2) is 132 Å². The summed E-state index contributed by atoms with van der Waals surface area (Å²) < 4.78 is 18.5. The topological polar surface area (TPSA) is 64.1 Å². The van der Waals surface area contributed by atoms with Crippen LogP contribution in [0.25, 0.3) is 83.8 Å². The van der Waals surface area contributed by atoms with Crippen molar-refractivity contribution in [1.82, 2.24) is 14.5 Å². The molecule has 0 bridgehead atoms. The molecule has 74 heavy (non-hydrogen) atoms. The van der Waals surface area contributed by atoms with E-state index in [9.17, 15) is 6.48 Å². The normalized spacial score (nSPS) is 15.8. The van der Waals surface area contributed by atoms with Crippen molar-refractivity contribution < 1.29 is 32.0 Å². The van der Waals surface area contributed by atoms with Gasteiger partial charge < -0.3 is 9.52 Å². The molecule has 6 heteroatoms. The van der Waals surface area contributed by atoms with Crippen molar-refractivity contribution >= 4 is 22.1 Å². The smallest absolute Gasteiger partial charge is 0.219 e. The molecule has 0 unspecified atom stereocenters. The molecule has 0 radical (unpaired) electrons. The van der Waals surface area contributed by atoms with Gasteiger partial charge in [0, 0.05) is 50.2 Å². The third kappa shape index (κ3) is 9.99. The molecule has 10 rings (SSSR count). The molecular formula is C68H74N3O2Pt-. The number of pyridine rings is 1. The molecule has 1 fully saturated rings. The predicted molar refractivity (Wildman–Crippen MR) is 306 cm³/mol. The van der Waals surface area contributed by atoms with Gasteiger partial charge in [0.05, 0.1) is 22.3 Å². The fourth-order valence-corrected chi connectivity index (χ4v) is 12.1. The molecule has 384 valence electrons. The van der Waals surface area contributed by atoms with E-state index >= 15 is 0 Å². The molecule has 9 aromatic rings. The van der Waals surface area contributed by atoms with Crippen molar-refractivity contribution in [3.63, 3.8) is 0 Å². The van der Waals surface area contributed by atoms with E-state index in [2.05, 4.69) is 230 Å². The van der Waals surface area contributed by atoms with Gasteiger partial charge in [0.2, 0.25) is 5.71 Å². The SMILES string of the molecule is [2H]C1(c2cc(C)c(-c3coc4nc(-c5[c-]c(-c6cccc7c6nc(-c6cc(C(C)(C)C)cc(C(C)(C)C)c6O)n7-c6ccccc6-c6ccccc6)cc(C(C)(C)C)c5)ccc34)c(C)c2)CC(C)(C)CC(C)(C)C1.[Pt]. The summed E-state index contributed by atoms with van der Waals surface area (Å²) in [5.74, 6) is 0.256. The quantitative estimate of drug-likeness (QED) is 0.162. The van der Waals surface area contributed by atoms with Gasteiger partial charge in [-0.3, -0.25) is 9.55 Å². The van der Waals surface area contributed by atoms with Crippen LogP contribution in [-0.2, 0) is 37.3 Å². The first-order chi connectivity index (χ1) is 34.6. The largest absolute Gasteiger partial charge is 0.507 e. The molecule has 0 spiro atoms. The van der Waals surface area contributed by atoms with Crippen LogP contribution in [0.2, 0.25) is 0 Å². The fraction of sp³-hybridized carbons (Fsp3) is 0.353. The number of aromatic nitrogens is 3. The number of furan rings is 1. The Labute approximate surface area is 456 Å². The van der Waals surface area contributed by atoms with Crippen LogP contribution in [0, 0.1) is 30.7 Å². The average Bonchev–Trinajstić information content (AvgIpc) is 3.91. The standard InChI is InChI=1S/C68H74N3O2.Pt/c1-41-30-44(47-37-67(12,13)40-68(14,15)38-47)31-42(2)59(41)54-39-73-63-52(54)28-29-56(69-63)46-32-45(33-48(34-46)64(3,4)5)51-25-21-27-58-60(51)70-62(53-35-49(65(6,7)8)36-55(61(53)72)66(9,10)11)71(58)57-26-20-19-24-50(57)43-22-17-16-18-23-43;/h16-31,33-36,39,47,72H,37-38,40H2,1-15H3;/q-1;/i47D;. The van der Waals surface area contributed by atoms with E-state index in [4.69, 9.17) is 14.4 Å². The molecule has 3 heterocycles. The Morgan fingerprint density at radius 1 is 0.649 bits per heavy atom. The Morgan fingerprint density at radius 3 is 1.91 bits per heavy atom. The van der Waals surface area contributed by atoms with Gasteiger partial charge in [0.25, 0.3) is 0 Å². The van der Waals surface area contributed by atoms with E-state index in [1.54, 1.807) is 0 Å². The van der Waals surface area contributed by atoms with E-state index in [0.717, 1.165) is 119 Å². The number of fused-ring (bicyclic) bond motifs is 2. The number of hydrogen-bond acceptors (Lipinski definition) is 4. The third-order valence-electron chi connectivity index (χ3n) is 15.2. The van der Waals surface area contributed by atoms with Gasteiger partial charge in [0.15, 0.2) is 0 Å². The number of phenolic OH excluding ortho intramolecular Hbond substituents is 1. The summed E-state index contributed by atoms with van der Waals surface area (Å²) in [6.07, 6.45) is 4.66. The van der Waals surface area contributed by atoms with Crippen molar-refractivity contribution in [2.75, 3.05) is 0 Å². The average molecular weight is 1160 g/mol. The van der Waals surface area contributed by atoms with Gasteiger partial charge in [-0.2, -0.15) is 0 Å². The summed E-state index contributed by atoms with van der Waals surface area (Å²) in [4.78, 5) is 10.9. The zero-order valence-electron chi connectivity index (χ0n) is 47.3. The van der Waals surface area contributed by atoms with Gasteiger partial charge in [0.1, 0.15) is 17.8 Å². The monoisotopic (exact) mass is 1160 g/mol. The van der Waals surface area contributed by atoms with Crippen molar-refractivity contribution in [2.45, 2.75) is 145 Å². The van der Waals surface area contributed by atoms with Gasteiger partial charge >= 0.3 is 0 Å². The number of phenols is 1. The van der Waals surface area contributed by atoms with E-state index in [1.807, 2.05) is 12.3 Å². The number of rotatable bonds is 7. The zero-order valence-corrected chi connectivity index (χ0v) is 48.5. The van der Waals surface area contributed by atoms with E-state index in [0.29, 0.717) is 17.1 Å². The van der Waals surface area contributed by atoms with Crippen molar-refractivity contribution in [3.8, 4) is 67.5 Å². The van der Waals surface area contributed by atoms with Crippen LogP contribution in [-0.4, -0.2) is 19.6 Å². The Morgan fingerprint density at radius 2 is 1.26 bits per heavy atom. The van der Waals surface area contributed by atoms with Crippen molar-refractivity contribution in [2.24, 2.45) is 10.8 Å². The second-order valence-electron chi connectivity index (χ2n) is 25.8. The molecule has 1 N–H and O–H groups in total. The first-order valence-electron chi connectivity index (χ1n) is 26.7. The molecule has 0 atom stereocenters. The number of nitrogens with zero attached hydrogens (tertiary/aromatic N) is 3. The second-order valence-corrected chi connectivity index (χ2v) is 25.8. The van der Waals surface area contributed by atoms with Crippen molar-refractivity contribution in [3.05, 3.63) is 167 Å². The van der Waals surface area contributed by atoms with Crippen LogP contribution in [0.1, 0.15) is 150 Å². The minimum absolute atomic E-state index is 0. The number of aromatic hydroxyl groups is 1. The Hall–Kier alpha value is -6.03. The van der Waals surface area contributed by atoms with Gasteiger partial charge in [-0.25, -0.2) is 4.98 Å². The molecule has 0 saturated heterocycles. The molecule has 1 aliphatic rings. The third-order valence-corrected chi connectivity index (χ3v) is 15.2. The maximum Gasteiger partial charge on any atom is 0.219 e. The maximum absolute atomic E-state index is 12.5. The summed E-state index contributed by atoms with van der Waals surface area (Å²) in [5, 5.41) is 13.5. The summed E-state index contributed by atoms with van der Waals surface area (Å²) in [6, 6.07) is 46.7. The van der Waals surface area contributed by atoms with Crippen molar-refractivity contribution in [1.29, 1.82) is 0 Å². The van der Waals surface area contributed by atoms with Gasteiger partial charge in [-0.15, -0.1) is 29.3 Å². The molecule has 0 amide bonds. The predicted octanol–water partition coefficient (Wildman–Crippen LogP) is 18.8. The minimum Gasteiger partial charge on any atom is -0.507 e. The maximum atomic E-state index is 12.5. The molecule has 6 aromatic carbocycles. The number of imidazole rings is 1. The van der Waals surface area contributed by atoms with Crippen LogP contribution >= 0.6 is 0 Å². The molecule has 1 saturated carbocycles. The van der Waals surface area contributed by atoms with Crippen LogP contribution in [0.5, 0.6) is 5.75 Å². The minimum atomic E-state index is -0.649. The second kappa shape index (κ2) is 19.0. The van der Waals surface area contributed by atoms with Gasteiger partial charge in [-0.05, 0) is 118 Å². The van der Waals surface area contributed by atoms with Crippen LogP contribution < -0.4 is 0 Å². The van der Waals surface area contributed by atoms with E-state index in [1.165, 1.54) is 0 Å². The summed E-state index contributed by atoms with van der Waals surface area (Å²) in [5.41, 5.74) is 17.7. The molecule has 1 aliphatic carbocycles. The fourth-order valence-electron chi connectivity index (χ4n) is 12.1. The molecule has 5 nitrogen and oxygen atoms in total. The van der Waals surface area contributed by atoms with E-state index in [-0.39, 0.29) is 53.9 Å². The summed E-state index contributed by atoms with van der Waals surface area (Å²) in [6.45, 7) is 33.5. The van der Waals surface area contributed by atoms with Crippen LogP contribution in [0.4, 0.5) is 0 Å². The molecular weight excluding hydrogens is 1090 g/mol. The first kappa shape index (κ1) is 51.5. The number of aryl methyl sites for hydroxylation is 2. The van der Waals surface area contributed by atoms with Crippen LogP contribution in [0.3, 0.4) is 0 Å². The van der Waals surface area contributed by atoms with Gasteiger partial charge in [-0.1, -0.05) is 192 Å². The first-order valence-corrected chi connectivity index (χ1v) is 26.2. The molecule has 0 aliphatic heterocycles. The number of benzene rings is 6.